The summed E-state index contributed by atoms with van der Waals surface area (Å²) in [6.07, 6.45) is 1.45. The quantitative estimate of drug-likeness (QED) is 0.196. The fourth-order valence-corrected chi connectivity index (χ4v) is 4.52. The molecule has 0 aliphatic carbocycles. The zero-order valence-corrected chi connectivity index (χ0v) is 19.2. The van der Waals surface area contributed by atoms with Crippen LogP contribution in [0.4, 0.5) is 17.1 Å². The number of hydrogen-bond donors (Lipinski definition) is 1. The van der Waals surface area contributed by atoms with Crippen LogP contribution in [0.3, 0.4) is 0 Å². The van der Waals surface area contributed by atoms with Crippen LogP contribution >= 0.6 is 0 Å². The third-order valence-electron chi connectivity index (χ3n) is 4.69. The van der Waals surface area contributed by atoms with Gasteiger partial charge in [0.05, 0.1) is 27.6 Å². The maximum Gasteiger partial charge on any atom is 0.338 e. The van der Waals surface area contributed by atoms with Gasteiger partial charge in [0.2, 0.25) is 0 Å². The number of nitro benzene ring substituents is 1. The summed E-state index contributed by atoms with van der Waals surface area (Å²) in [4.78, 5) is 34.5. The lowest BCUT2D eigenvalue weighted by Gasteiger charge is -2.23. The summed E-state index contributed by atoms with van der Waals surface area (Å²) in [7, 11) is -4.03. The molecular weight excluding hydrogens is 474 g/mol. The number of nitro groups is 1. The molecule has 0 aliphatic rings. The molecule has 0 atom stereocenters. The van der Waals surface area contributed by atoms with Crippen molar-refractivity contribution in [2.24, 2.45) is 0 Å². The summed E-state index contributed by atoms with van der Waals surface area (Å²) in [5, 5.41) is 13.1. The monoisotopic (exact) mass is 495 g/mol. The maximum atomic E-state index is 13.3. The zero-order valence-electron chi connectivity index (χ0n) is 18.4. The van der Waals surface area contributed by atoms with Crippen LogP contribution in [-0.4, -0.2) is 38.4 Å². The molecule has 10 nitrogen and oxygen atoms in total. The van der Waals surface area contributed by atoms with Crippen LogP contribution < -0.4 is 9.62 Å². The normalized spacial score (nSPS) is 10.7. The average Bonchev–Trinajstić information content (AvgIpc) is 2.86. The third-order valence-corrected chi connectivity index (χ3v) is 6.48. The molecule has 3 rings (SSSR count). The van der Waals surface area contributed by atoms with Crippen LogP contribution in [0, 0.1) is 10.1 Å². The number of anilines is 2. The summed E-state index contributed by atoms with van der Waals surface area (Å²) in [6, 6.07) is 18.9. The minimum Gasteiger partial charge on any atom is -0.452 e. The van der Waals surface area contributed by atoms with Gasteiger partial charge < -0.3 is 10.1 Å². The molecular formula is C24H21N3O7S. The molecule has 0 radical (unpaired) electrons. The first kappa shape index (κ1) is 25.1. The summed E-state index contributed by atoms with van der Waals surface area (Å²) >= 11 is 0. The van der Waals surface area contributed by atoms with E-state index in [1.54, 1.807) is 30.3 Å². The highest BCUT2D eigenvalue weighted by Gasteiger charge is 2.25. The summed E-state index contributed by atoms with van der Waals surface area (Å²) in [5.41, 5.74) is 0.528. The minimum atomic E-state index is -4.03. The molecule has 0 bridgehead atoms. The number of esters is 1. The van der Waals surface area contributed by atoms with E-state index in [1.807, 2.05) is 0 Å². The van der Waals surface area contributed by atoms with Gasteiger partial charge in [-0.05, 0) is 42.5 Å². The Labute approximate surface area is 201 Å². The van der Waals surface area contributed by atoms with E-state index in [0.717, 1.165) is 4.31 Å². The lowest BCUT2D eigenvalue weighted by atomic mass is 10.2. The predicted octanol–water partition coefficient (Wildman–Crippen LogP) is 3.77. The number of non-ortho nitro benzene ring substituents is 1. The van der Waals surface area contributed by atoms with Gasteiger partial charge in [0.1, 0.15) is 0 Å². The van der Waals surface area contributed by atoms with Crippen LogP contribution in [0.15, 0.2) is 96.4 Å². The first-order chi connectivity index (χ1) is 16.7. The van der Waals surface area contributed by atoms with E-state index in [9.17, 15) is 28.1 Å². The molecule has 0 unspecified atom stereocenters. The molecule has 0 spiro atoms. The van der Waals surface area contributed by atoms with Crippen LogP contribution in [0.25, 0.3) is 0 Å². The smallest absolute Gasteiger partial charge is 0.338 e. The van der Waals surface area contributed by atoms with Crippen LogP contribution in [0.2, 0.25) is 0 Å². The van der Waals surface area contributed by atoms with Gasteiger partial charge >= 0.3 is 5.97 Å². The van der Waals surface area contributed by atoms with Crippen molar-refractivity contribution in [2.45, 2.75) is 4.90 Å². The van der Waals surface area contributed by atoms with Crippen molar-refractivity contribution in [3.63, 3.8) is 0 Å². The fourth-order valence-electron chi connectivity index (χ4n) is 3.04. The van der Waals surface area contributed by atoms with Crippen LogP contribution in [0.1, 0.15) is 10.4 Å². The Morgan fingerprint density at radius 3 is 2.34 bits per heavy atom. The first-order valence-electron chi connectivity index (χ1n) is 10.2. The molecule has 35 heavy (non-hydrogen) atoms. The van der Waals surface area contributed by atoms with Crippen molar-refractivity contribution in [3.05, 3.63) is 107 Å². The number of hydrogen-bond acceptors (Lipinski definition) is 7. The van der Waals surface area contributed by atoms with E-state index in [2.05, 4.69) is 11.9 Å². The molecule has 180 valence electrons. The summed E-state index contributed by atoms with van der Waals surface area (Å²) in [6.45, 7) is 2.99. The van der Waals surface area contributed by atoms with Gasteiger partial charge in [-0.1, -0.05) is 30.3 Å². The highest BCUT2D eigenvalue weighted by atomic mass is 32.2. The molecule has 3 aromatic rings. The second-order valence-electron chi connectivity index (χ2n) is 7.12. The molecule has 0 fully saturated rings. The molecule has 0 aromatic heterocycles. The lowest BCUT2D eigenvalue weighted by Crippen LogP contribution is -2.31. The Hall–Kier alpha value is -4.51. The Balaban J connectivity index is 1.69. The maximum absolute atomic E-state index is 13.3. The molecule has 0 aliphatic heterocycles. The van der Waals surface area contributed by atoms with Gasteiger partial charge in [-0.25, -0.2) is 13.2 Å². The van der Waals surface area contributed by atoms with E-state index in [4.69, 9.17) is 4.74 Å². The van der Waals surface area contributed by atoms with E-state index in [-0.39, 0.29) is 28.4 Å². The van der Waals surface area contributed by atoms with Crippen molar-refractivity contribution in [1.29, 1.82) is 0 Å². The van der Waals surface area contributed by atoms with E-state index >= 15 is 0 Å². The Morgan fingerprint density at radius 2 is 1.71 bits per heavy atom. The molecule has 1 N–H and O–H groups in total. The predicted molar refractivity (Wildman–Crippen MR) is 130 cm³/mol. The van der Waals surface area contributed by atoms with Gasteiger partial charge in [0, 0.05) is 17.8 Å². The zero-order chi connectivity index (χ0) is 25.4. The number of amides is 1. The largest absolute Gasteiger partial charge is 0.452 e. The first-order valence-corrected chi connectivity index (χ1v) is 11.7. The number of para-hydroxylation sites is 1. The van der Waals surface area contributed by atoms with Crippen molar-refractivity contribution in [2.75, 3.05) is 22.8 Å². The van der Waals surface area contributed by atoms with Gasteiger partial charge in [0.25, 0.3) is 21.6 Å². The van der Waals surface area contributed by atoms with E-state index in [1.165, 1.54) is 54.6 Å². The number of sulfonamides is 1. The molecule has 0 saturated heterocycles. The number of rotatable bonds is 10. The number of carbonyl (C=O) groups is 2. The van der Waals surface area contributed by atoms with E-state index < -0.39 is 33.4 Å². The Bertz CT molecular complexity index is 1340. The standard InChI is InChI=1S/C24H21N3O7S/c1-2-15-26(20-8-4-3-5-9-20)35(32,33)22-10-6-7-18(16-22)24(29)34-17-23(28)25-19-11-13-21(14-12-19)27(30)31/h2-14,16H,1,15,17H2,(H,25,28). The topological polar surface area (TPSA) is 136 Å². The molecule has 1 amide bonds. The second kappa shape index (κ2) is 11.1. The third kappa shape index (κ3) is 6.30. The molecule has 11 heteroatoms. The second-order valence-corrected chi connectivity index (χ2v) is 8.98. The number of ether oxygens (including phenoxy) is 1. The van der Waals surface area contributed by atoms with Crippen molar-refractivity contribution >= 4 is 39.0 Å². The lowest BCUT2D eigenvalue weighted by molar-refractivity contribution is -0.384. The number of nitrogens with zero attached hydrogens (tertiary/aromatic N) is 2. The SMILES string of the molecule is C=CCN(c1ccccc1)S(=O)(=O)c1cccc(C(=O)OCC(=O)Nc2ccc([N+](=O)[O-])cc2)c1. The summed E-state index contributed by atoms with van der Waals surface area (Å²) < 4.78 is 32.7. The highest BCUT2D eigenvalue weighted by Crippen LogP contribution is 2.24. The van der Waals surface area contributed by atoms with Gasteiger partial charge in [0.15, 0.2) is 6.61 Å². The van der Waals surface area contributed by atoms with Gasteiger partial charge in [-0.3, -0.25) is 19.2 Å². The fraction of sp³-hybridized carbons (Fsp3) is 0.0833. The number of carbonyl (C=O) groups excluding carboxylic acids is 2. The van der Waals surface area contributed by atoms with Gasteiger partial charge in [-0.15, -0.1) is 6.58 Å². The van der Waals surface area contributed by atoms with Crippen molar-refractivity contribution < 1.29 is 27.7 Å². The highest BCUT2D eigenvalue weighted by molar-refractivity contribution is 7.92. The van der Waals surface area contributed by atoms with E-state index in [0.29, 0.717) is 5.69 Å². The van der Waals surface area contributed by atoms with Crippen LogP contribution in [0.5, 0.6) is 0 Å². The Morgan fingerprint density at radius 1 is 1.03 bits per heavy atom. The Kier molecular flexibility index (Phi) is 7.95. The van der Waals surface area contributed by atoms with Crippen molar-refractivity contribution in [1.82, 2.24) is 0 Å². The van der Waals surface area contributed by atoms with Gasteiger partial charge in [-0.2, -0.15) is 0 Å². The average molecular weight is 496 g/mol. The van der Waals surface area contributed by atoms with Crippen LogP contribution in [-0.2, 0) is 19.6 Å². The number of benzene rings is 3. The molecule has 0 heterocycles. The molecule has 0 saturated carbocycles. The number of nitrogens with one attached hydrogen (secondary N) is 1. The minimum absolute atomic E-state index is 0.0177. The summed E-state index contributed by atoms with van der Waals surface area (Å²) in [5.74, 6) is -1.56. The van der Waals surface area contributed by atoms with Crippen molar-refractivity contribution in [3.8, 4) is 0 Å². The molecule has 3 aromatic carbocycles.